The van der Waals surface area contributed by atoms with E-state index >= 15 is 0 Å². The van der Waals surface area contributed by atoms with Crippen molar-refractivity contribution in [2.24, 2.45) is 0 Å². The molecule has 2 aromatic heterocycles. The molecule has 3 aromatic rings. The van der Waals surface area contributed by atoms with Gasteiger partial charge >= 0.3 is 0 Å². The van der Waals surface area contributed by atoms with E-state index in [1.807, 2.05) is 31.2 Å². The normalized spacial score (nSPS) is 11.0. The van der Waals surface area contributed by atoms with E-state index in [0.29, 0.717) is 11.1 Å². The van der Waals surface area contributed by atoms with Crippen molar-refractivity contribution in [2.45, 2.75) is 37.7 Å². The Hall–Kier alpha value is -1.66. The molecule has 0 saturated heterocycles. The maximum Gasteiger partial charge on any atom is 0.277 e. The Bertz CT molecular complexity index is 751. The van der Waals surface area contributed by atoms with Crippen molar-refractivity contribution in [3.63, 3.8) is 0 Å². The van der Waals surface area contributed by atoms with Gasteiger partial charge in [-0.2, -0.15) is 0 Å². The zero-order valence-electron chi connectivity index (χ0n) is 12.6. The van der Waals surface area contributed by atoms with Crippen LogP contribution in [0.2, 0.25) is 0 Å². The van der Waals surface area contributed by atoms with Gasteiger partial charge < -0.3 is 4.42 Å². The van der Waals surface area contributed by atoms with E-state index in [9.17, 15) is 0 Å². The zero-order chi connectivity index (χ0) is 15.4. The third-order valence-electron chi connectivity index (χ3n) is 3.19. The van der Waals surface area contributed by atoms with Gasteiger partial charge in [0.15, 0.2) is 0 Å². The molecule has 2 heterocycles. The molecule has 6 heteroatoms. The van der Waals surface area contributed by atoms with E-state index in [4.69, 9.17) is 4.42 Å². The van der Waals surface area contributed by atoms with Crippen LogP contribution >= 0.6 is 23.1 Å². The van der Waals surface area contributed by atoms with Crippen LogP contribution in [0.1, 0.15) is 29.6 Å². The molecule has 0 amide bonds. The standard InChI is InChI=1S/C16H17N3OS2/c1-3-6-14-17-12(9-21-14)10-22-16-19-18-15(20-16)13-8-5-4-7-11(13)2/h4-5,7-9H,3,6,10H2,1-2H3. The van der Waals surface area contributed by atoms with Crippen LogP contribution in [-0.4, -0.2) is 15.2 Å². The highest BCUT2D eigenvalue weighted by atomic mass is 32.2. The second-order valence-electron chi connectivity index (χ2n) is 4.96. The van der Waals surface area contributed by atoms with Gasteiger partial charge in [0.05, 0.1) is 10.7 Å². The smallest absolute Gasteiger partial charge is 0.277 e. The van der Waals surface area contributed by atoms with Crippen molar-refractivity contribution in [1.29, 1.82) is 0 Å². The summed E-state index contributed by atoms with van der Waals surface area (Å²) in [6, 6.07) is 8.01. The summed E-state index contributed by atoms with van der Waals surface area (Å²) in [4.78, 5) is 4.60. The lowest BCUT2D eigenvalue weighted by atomic mass is 10.1. The predicted octanol–water partition coefficient (Wildman–Crippen LogP) is 4.75. The van der Waals surface area contributed by atoms with Crippen molar-refractivity contribution >= 4 is 23.1 Å². The van der Waals surface area contributed by atoms with Gasteiger partial charge in [-0.25, -0.2) is 4.98 Å². The predicted molar refractivity (Wildman–Crippen MR) is 90.1 cm³/mol. The Morgan fingerprint density at radius 1 is 1.23 bits per heavy atom. The lowest BCUT2D eigenvalue weighted by Gasteiger charge is -1.98. The Morgan fingerprint density at radius 2 is 2.09 bits per heavy atom. The van der Waals surface area contributed by atoms with E-state index in [-0.39, 0.29) is 0 Å². The molecule has 0 N–H and O–H groups in total. The summed E-state index contributed by atoms with van der Waals surface area (Å²) in [6.07, 6.45) is 2.18. The first-order valence-electron chi connectivity index (χ1n) is 7.22. The van der Waals surface area contributed by atoms with Crippen LogP contribution in [0.25, 0.3) is 11.5 Å². The molecule has 0 bridgehead atoms. The molecule has 0 fully saturated rings. The second kappa shape index (κ2) is 7.07. The van der Waals surface area contributed by atoms with Crippen molar-refractivity contribution in [3.8, 4) is 11.5 Å². The third kappa shape index (κ3) is 3.56. The average Bonchev–Trinajstić information content (AvgIpc) is 3.15. The molecular formula is C16H17N3OS2. The monoisotopic (exact) mass is 331 g/mol. The Morgan fingerprint density at radius 3 is 2.91 bits per heavy atom. The minimum Gasteiger partial charge on any atom is -0.411 e. The van der Waals surface area contributed by atoms with Gasteiger partial charge in [-0.05, 0) is 31.4 Å². The molecule has 0 aliphatic carbocycles. The highest BCUT2D eigenvalue weighted by Crippen LogP contribution is 2.27. The number of aryl methyl sites for hydroxylation is 2. The fourth-order valence-corrected chi connectivity index (χ4v) is 3.73. The lowest BCUT2D eigenvalue weighted by molar-refractivity contribution is 0.465. The molecule has 0 atom stereocenters. The van der Waals surface area contributed by atoms with Gasteiger partial charge in [0.2, 0.25) is 5.89 Å². The van der Waals surface area contributed by atoms with Gasteiger partial charge in [0.1, 0.15) is 0 Å². The number of rotatable bonds is 6. The van der Waals surface area contributed by atoms with Crippen LogP contribution in [-0.2, 0) is 12.2 Å². The van der Waals surface area contributed by atoms with Crippen LogP contribution in [0.15, 0.2) is 39.3 Å². The van der Waals surface area contributed by atoms with Crippen LogP contribution in [0.3, 0.4) is 0 Å². The number of hydrogen-bond donors (Lipinski definition) is 0. The average molecular weight is 331 g/mol. The molecule has 114 valence electrons. The first-order chi connectivity index (χ1) is 10.8. The minimum absolute atomic E-state index is 0.575. The maximum atomic E-state index is 5.74. The number of thioether (sulfide) groups is 1. The molecule has 0 spiro atoms. The maximum absolute atomic E-state index is 5.74. The van der Waals surface area contributed by atoms with Gasteiger partial charge in [-0.1, -0.05) is 36.9 Å². The first-order valence-corrected chi connectivity index (χ1v) is 9.08. The molecule has 1 aromatic carbocycles. The quantitative estimate of drug-likeness (QED) is 0.610. The van der Waals surface area contributed by atoms with Crippen molar-refractivity contribution in [2.75, 3.05) is 0 Å². The molecule has 0 aliphatic heterocycles. The number of benzene rings is 1. The molecule has 0 saturated carbocycles. The summed E-state index contributed by atoms with van der Waals surface area (Å²) in [5.41, 5.74) is 3.20. The van der Waals surface area contributed by atoms with Gasteiger partial charge in [-0.3, -0.25) is 0 Å². The second-order valence-corrected chi connectivity index (χ2v) is 6.83. The van der Waals surface area contributed by atoms with Crippen molar-refractivity contribution in [3.05, 3.63) is 45.9 Å². The van der Waals surface area contributed by atoms with Crippen LogP contribution in [0.5, 0.6) is 0 Å². The molecule has 22 heavy (non-hydrogen) atoms. The van der Waals surface area contributed by atoms with Gasteiger partial charge in [0, 0.05) is 16.7 Å². The van der Waals surface area contributed by atoms with E-state index in [1.54, 1.807) is 11.3 Å². The van der Waals surface area contributed by atoms with Gasteiger partial charge in [-0.15, -0.1) is 21.5 Å². The Labute approximate surface area is 138 Å². The van der Waals surface area contributed by atoms with Gasteiger partial charge in [0.25, 0.3) is 5.22 Å². The molecular weight excluding hydrogens is 314 g/mol. The highest BCUT2D eigenvalue weighted by molar-refractivity contribution is 7.98. The summed E-state index contributed by atoms with van der Waals surface area (Å²) in [6.45, 7) is 4.21. The van der Waals surface area contributed by atoms with E-state index in [0.717, 1.165) is 35.4 Å². The fourth-order valence-electron chi connectivity index (χ4n) is 2.07. The highest BCUT2D eigenvalue weighted by Gasteiger charge is 2.11. The largest absolute Gasteiger partial charge is 0.411 e. The Balaban J connectivity index is 1.65. The van der Waals surface area contributed by atoms with E-state index in [2.05, 4.69) is 27.5 Å². The molecule has 0 aliphatic rings. The number of nitrogens with zero attached hydrogens (tertiary/aromatic N) is 3. The van der Waals surface area contributed by atoms with Crippen LogP contribution < -0.4 is 0 Å². The summed E-state index contributed by atoms with van der Waals surface area (Å²) >= 11 is 3.25. The fraction of sp³-hybridized carbons (Fsp3) is 0.312. The van der Waals surface area contributed by atoms with E-state index < -0.39 is 0 Å². The SMILES string of the molecule is CCCc1nc(CSc2nnc(-c3ccccc3C)o2)cs1. The first kappa shape index (κ1) is 15.2. The van der Waals surface area contributed by atoms with E-state index in [1.165, 1.54) is 16.8 Å². The minimum atomic E-state index is 0.575. The topological polar surface area (TPSA) is 51.8 Å². The molecule has 0 unspecified atom stereocenters. The summed E-state index contributed by atoms with van der Waals surface area (Å²) in [5.74, 6) is 1.33. The number of thiazole rings is 1. The summed E-state index contributed by atoms with van der Waals surface area (Å²) in [7, 11) is 0. The number of aromatic nitrogens is 3. The summed E-state index contributed by atoms with van der Waals surface area (Å²) in [5, 5.41) is 12.1. The van der Waals surface area contributed by atoms with Crippen molar-refractivity contribution in [1.82, 2.24) is 15.2 Å². The number of hydrogen-bond acceptors (Lipinski definition) is 6. The van der Waals surface area contributed by atoms with Crippen LogP contribution in [0.4, 0.5) is 0 Å². The molecule has 4 nitrogen and oxygen atoms in total. The third-order valence-corrected chi connectivity index (χ3v) is 5.00. The lowest BCUT2D eigenvalue weighted by Crippen LogP contribution is -1.84. The van der Waals surface area contributed by atoms with Crippen LogP contribution in [0, 0.1) is 6.92 Å². The molecule has 3 rings (SSSR count). The molecule has 0 radical (unpaired) electrons. The van der Waals surface area contributed by atoms with Crippen molar-refractivity contribution < 1.29 is 4.42 Å². The summed E-state index contributed by atoms with van der Waals surface area (Å²) < 4.78 is 5.74. The Kier molecular flexibility index (Phi) is 4.90. The zero-order valence-corrected chi connectivity index (χ0v) is 14.2.